The Balaban J connectivity index is 1.40. The summed E-state index contributed by atoms with van der Waals surface area (Å²) in [6, 6.07) is 11.0. The Labute approximate surface area is 230 Å². The maximum absolute atomic E-state index is 10.6. The van der Waals surface area contributed by atoms with E-state index in [2.05, 4.69) is 18.8 Å². The standard InChI is InChI=1S/C33H49NO4/c1-3-5-7-9-11-13-15-17-23-36-27-19-21-29(31(35)25-27)33-34-30-22-20-28(26-32(30)38-33)37-24-18-16-14-12-10-8-6-4-2/h19-22,25-26,35H,3-18,23-24H2,1-2H3. The molecule has 0 bridgehead atoms. The zero-order chi connectivity index (χ0) is 26.8. The van der Waals surface area contributed by atoms with E-state index in [1.807, 2.05) is 30.3 Å². The highest BCUT2D eigenvalue weighted by atomic mass is 16.5. The highest BCUT2D eigenvalue weighted by Crippen LogP contribution is 2.34. The average Bonchev–Trinajstić information content (AvgIpc) is 3.34. The van der Waals surface area contributed by atoms with E-state index in [4.69, 9.17) is 13.9 Å². The SMILES string of the molecule is CCCCCCCCCCOc1ccc(-c2nc3ccc(OCCCCCCCCCC)cc3o2)c(O)c1. The van der Waals surface area contributed by atoms with Gasteiger partial charge in [0.05, 0.1) is 18.8 Å². The smallest absolute Gasteiger partial charge is 0.231 e. The first-order valence-corrected chi connectivity index (χ1v) is 15.2. The van der Waals surface area contributed by atoms with Crippen LogP contribution in [0.3, 0.4) is 0 Å². The second-order valence-corrected chi connectivity index (χ2v) is 10.5. The van der Waals surface area contributed by atoms with Crippen molar-refractivity contribution in [3.63, 3.8) is 0 Å². The normalized spacial score (nSPS) is 11.3. The molecule has 1 N–H and O–H groups in total. The summed E-state index contributed by atoms with van der Waals surface area (Å²) in [6.45, 7) is 5.88. The van der Waals surface area contributed by atoms with Crippen LogP contribution in [-0.4, -0.2) is 23.3 Å². The Bertz CT molecular complexity index is 1040. The molecular formula is C33H49NO4. The monoisotopic (exact) mass is 523 g/mol. The molecule has 1 aromatic heterocycles. The summed E-state index contributed by atoms with van der Waals surface area (Å²) in [6.07, 6.45) is 20.4. The van der Waals surface area contributed by atoms with E-state index in [0.717, 1.165) is 24.1 Å². The van der Waals surface area contributed by atoms with Crippen LogP contribution in [0.4, 0.5) is 0 Å². The van der Waals surface area contributed by atoms with Crippen molar-refractivity contribution in [2.45, 2.75) is 117 Å². The summed E-state index contributed by atoms with van der Waals surface area (Å²) in [5.74, 6) is 1.96. The minimum Gasteiger partial charge on any atom is -0.507 e. The fourth-order valence-electron chi connectivity index (χ4n) is 4.74. The van der Waals surface area contributed by atoms with Crippen LogP contribution < -0.4 is 9.47 Å². The number of rotatable bonds is 21. The molecule has 0 spiro atoms. The van der Waals surface area contributed by atoms with Gasteiger partial charge in [-0.05, 0) is 37.1 Å². The van der Waals surface area contributed by atoms with E-state index in [9.17, 15) is 5.11 Å². The summed E-state index contributed by atoms with van der Waals surface area (Å²) in [5, 5.41) is 10.6. The number of benzene rings is 2. The second kappa shape index (κ2) is 17.8. The number of nitrogens with zero attached hydrogens (tertiary/aromatic N) is 1. The number of phenolic OH excluding ortho intramolecular Hbond substituents is 1. The Kier molecular flexibility index (Phi) is 13.9. The van der Waals surface area contributed by atoms with Gasteiger partial charge in [0.25, 0.3) is 0 Å². The lowest BCUT2D eigenvalue weighted by atomic mass is 10.1. The number of unbranched alkanes of at least 4 members (excludes halogenated alkanes) is 14. The predicted octanol–water partition coefficient (Wildman–Crippen LogP) is 10.2. The number of hydrogen-bond donors (Lipinski definition) is 1. The fourth-order valence-corrected chi connectivity index (χ4v) is 4.74. The second-order valence-electron chi connectivity index (χ2n) is 10.5. The molecule has 0 atom stereocenters. The molecule has 0 amide bonds. The molecule has 5 nitrogen and oxygen atoms in total. The van der Waals surface area contributed by atoms with E-state index >= 15 is 0 Å². The van der Waals surface area contributed by atoms with Gasteiger partial charge in [0.1, 0.15) is 22.8 Å². The van der Waals surface area contributed by atoms with Gasteiger partial charge in [-0.25, -0.2) is 4.98 Å². The molecule has 0 saturated carbocycles. The van der Waals surface area contributed by atoms with Crippen LogP contribution in [0.2, 0.25) is 0 Å². The first-order valence-electron chi connectivity index (χ1n) is 15.2. The third-order valence-electron chi connectivity index (χ3n) is 7.09. The molecule has 3 aromatic rings. The number of fused-ring (bicyclic) bond motifs is 1. The quantitative estimate of drug-likeness (QED) is 0.141. The maximum Gasteiger partial charge on any atom is 0.231 e. The molecule has 0 aliphatic carbocycles. The van der Waals surface area contributed by atoms with E-state index in [-0.39, 0.29) is 5.75 Å². The third-order valence-corrected chi connectivity index (χ3v) is 7.09. The number of hydrogen-bond acceptors (Lipinski definition) is 5. The molecule has 1 heterocycles. The highest BCUT2D eigenvalue weighted by molar-refractivity contribution is 5.79. The van der Waals surface area contributed by atoms with Crippen LogP contribution in [0, 0.1) is 0 Å². The third kappa shape index (κ3) is 10.6. The molecule has 0 unspecified atom stereocenters. The van der Waals surface area contributed by atoms with Crippen molar-refractivity contribution < 1.29 is 19.0 Å². The molecule has 0 radical (unpaired) electrons. The van der Waals surface area contributed by atoms with Crippen LogP contribution in [0.25, 0.3) is 22.6 Å². The zero-order valence-corrected chi connectivity index (χ0v) is 23.8. The predicted molar refractivity (Wildman–Crippen MR) is 157 cm³/mol. The molecule has 0 saturated heterocycles. The fraction of sp³-hybridized carbons (Fsp3) is 0.606. The molecule has 210 valence electrons. The number of aromatic hydroxyl groups is 1. The molecular weight excluding hydrogens is 474 g/mol. The molecule has 5 heteroatoms. The molecule has 2 aromatic carbocycles. The van der Waals surface area contributed by atoms with Gasteiger partial charge in [0, 0.05) is 12.1 Å². The van der Waals surface area contributed by atoms with E-state index in [1.54, 1.807) is 6.07 Å². The van der Waals surface area contributed by atoms with Crippen LogP contribution >= 0.6 is 0 Å². The molecule has 0 aliphatic rings. The minimum absolute atomic E-state index is 0.108. The van der Waals surface area contributed by atoms with Crippen LogP contribution in [-0.2, 0) is 0 Å². The van der Waals surface area contributed by atoms with Gasteiger partial charge in [0.15, 0.2) is 5.58 Å². The summed E-state index contributed by atoms with van der Waals surface area (Å²) in [5.41, 5.74) is 1.96. The lowest BCUT2D eigenvalue weighted by molar-refractivity contribution is 0.302. The van der Waals surface area contributed by atoms with E-state index < -0.39 is 0 Å². The van der Waals surface area contributed by atoms with E-state index in [1.165, 1.54) is 89.9 Å². The van der Waals surface area contributed by atoms with Crippen molar-refractivity contribution in [1.82, 2.24) is 4.98 Å². The number of ether oxygens (including phenoxy) is 2. The van der Waals surface area contributed by atoms with Crippen molar-refractivity contribution in [3.8, 4) is 28.7 Å². The first kappa shape index (κ1) is 29.9. The van der Waals surface area contributed by atoms with Crippen molar-refractivity contribution in [2.24, 2.45) is 0 Å². The van der Waals surface area contributed by atoms with Gasteiger partial charge in [-0.15, -0.1) is 0 Å². The number of aromatic nitrogens is 1. The van der Waals surface area contributed by atoms with Crippen molar-refractivity contribution in [3.05, 3.63) is 36.4 Å². The van der Waals surface area contributed by atoms with Crippen molar-refractivity contribution in [2.75, 3.05) is 13.2 Å². The maximum atomic E-state index is 10.6. The molecule has 0 fully saturated rings. The summed E-state index contributed by atoms with van der Waals surface area (Å²) in [4.78, 5) is 4.57. The first-order chi connectivity index (χ1) is 18.7. The molecule has 0 aliphatic heterocycles. The van der Waals surface area contributed by atoms with Crippen molar-refractivity contribution in [1.29, 1.82) is 0 Å². The van der Waals surface area contributed by atoms with Crippen LogP contribution in [0.5, 0.6) is 17.2 Å². The molecule has 38 heavy (non-hydrogen) atoms. The van der Waals surface area contributed by atoms with Crippen LogP contribution in [0.15, 0.2) is 40.8 Å². The summed E-state index contributed by atoms with van der Waals surface area (Å²) in [7, 11) is 0. The minimum atomic E-state index is 0.108. The Morgan fingerprint density at radius 2 is 1.13 bits per heavy atom. The van der Waals surface area contributed by atoms with Gasteiger partial charge in [-0.2, -0.15) is 0 Å². The highest BCUT2D eigenvalue weighted by Gasteiger charge is 2.14. The Morgan fingerprint density at radius 1 is 0.632 bits per heavy atom. The van der Waals surface area contributed by atoms with E-state index in [0.29, 0.717) is 36.0 Å². The topological polar surface area (TPSA) is 64.7 Å². The van der Waals surface area contributed by atoms with Gasteiger partial charge >= 0.3 is 0 Å². The number of phenols is 1. The largest absolute Gasteiger partial charge is 0.507 e. The summed E-state index contributed by atoms with van der Waals surface area (Å²) >= 11 is 0. The lowest BCUT2D eigenvalue weighted by Crippen LogP contribution is -1.97. The van der Waals surface area contributed by atoms with Gasteiger partial charge in [0.2, 0.25) is 5.89 Å². The number of oxazole rings is 1. The zero-order valence-electron chi connectivity index (χ0n) is 23.8. The van der Waals surface area contributed by atoms with Gasteiger partial charge < -0.3 is 19.0 Å². The average molecular weight is 524 g/mol. The summed E-state index contributed by atoms with van der Waals surface area (Å²) < 4.78 is 17.8. The van der Waals surface area contributed by atoms with Gasteiger partial charge in [-0.1, -0.05) is 104 Å². The van der Waals surface area contributed by atoms with Crippen molar-refractivity contribution >= 4 is 11.1 Å². The van der Waals surface area contributed by atoms with Crippen LogP contribution in [0.1, 0.15) is 117 Å². The molecule has 3 rings (SSSR count). The Morgan fingerprint density at radius 3 is 1.68 bits per heavy atom. The Hall–Kier alpha value is -2.69. The van der Waals surface area contributed by atoms with Gasteiger partial charge in [-0.3, -0.25) is 0 Å². The lowest BCUT2D eigenvalue weighted by Gasteiger charge is -2.08.